The van der Waals surface area contributed by atoms with Crippen LogP contribution in [0.4, 0.5) is 18.9 Å². The number of amides is 1. The average molecular weight is 287 g/mol. The lowest BCUT2D eigenvalue weighted by molar-refractivity contribution is -0.137. The SMILES string of the molecule is CN(CC1CC1)C(=O)c1cc(C(F)(F)F)ccc1NN. The number of carbonyl (C=O) groups is 1. The Morgan fingerprint density at radius 3 is 2.60 bits per heavy atom. The first kappa shape index (κ1) is 14.6. The van der Waals surface area contributed by atoms with Gasteiger partial charge in [0.05, 0.1) is 16.8 Å². The molecule has 7 heteroatoms. The Balaban J connectivity index is 2.29. The van der Waals surface area contributed by atoms with Crippen molar-refractivity contribution in [2.24, 2.45) is 11.8 Å². The minimum Gasteiger partial charge on any atom is -0.341 e. The van der Waals surface area contributed by atoms with Crippen LogP contribution in [-0.2, 0) is 6.18 Å². The van der Waals surface area contributed by atoms with Gasteiger partial charge in [-0.25, -0.2) is 0 Å². The van der Waals surface area contributed by atoms with Crippen LogP contribution in [0.1, 0.15) is 28.8 Å². The molecule has 0 radical (unpaired) electrons. The molecule has 0 atom stereocenters. The first-order chi connectivity index (χ1) is 9.32. The summed E-state index contributed by atoms with van der Waals surface area (Å²) in [6, 6.07) is 2.90. The van der Waals surface area contributed by atoms with Gasteiger partial charge in [0.15, 0.2) is 0 Å². The summed E-state index contributed by atoms with van der Waals surface area (Å²) in [5.74, 6) is 5.26. The molecule has 0 aliphatic heterocycles. The van der Waals surface area contributed by atoms with Crippen molar-refractivity contribution in [3.05, 3.63) is 29.3 Å². The summed E-state index contributed by atoms with van der Waals surface area (Å²) in [5.41, 5.74) is 1.52. The largest absolute Gasteiger partial charge is 0.416 e. The van der Waals surface area contributed by atoms with E-state index in [2.05, 4.69) is 5.43 Å². The number of carbonyl (C=O) groups excluding carboxylic acids is 1. The van der Waals surface area contributed by atoms with Gasteiger partial charge in [0.2, 0.25) is 0 Å². The van der Waals surface area contributed by atoms with E-state index >= 15 is 0 Å². The Kier molecular flexibility index (Phi) is 3.89. The van der Waals surface area contributed by atoms with Crippen molar-refractivity contribution in [3.8, 4) is 0 Å². The second-order valence-electron chi connectivity index (χ2n) is 5.03. The number of anilines is 1. The third kappa shape index (κ3) is 3.22. The number of nitrogens with one attached hydrogen (secondary N) is 1. The predicted molar refractivity (Wildman–Crippen MR) is 68.9 cm³/mol. The van der Waals surface area contributed by atoms with E-state index in [0.29, 0.717) is 12.5 Å². The summed E-state index contributed by atoms with van der Waals surface area (Å²) in [5, 5.41) is 0. The van der Waals surface area contributed by atoms with E-state index in [0.717, 1.165) is 25.0 Å². The van der Waals surface area contributed by atoms with Crippen LogP contribution in [0.3, 0.4) is 0 Å². The summed E-state index contributed by atoms with van der Waals surface area (Å²) in [6.45, 7) is 0.555. The van der Waals surface area contributed by atoms with Crippen molar-refractivity contribution < 1.29 is 18.0 Å². The lowest BCUT2D eigenvalue weighted by atomic mass is 10.1. The number of nitrogen functional groups attached to an aromatic ring is 1. The van der Waals surface area contributed by atoms with Crippen LogP contribution in [0.25, 0.3) is 0 Å². The molecule has 0 saturated heterocycles. The second-order valence-corrected chi connectivity index (χ2v) is 5.03. The van der Waals surface area contributed by atoms with Gasteiger partial charge in [-0.2, -0.15) is 13.2 Å². The smallest absolute Gasteiger partial charge is 0.341 e. The number of hydrazine groups is 1. The first-order valence-corrected chi connectivity index (χ1v) is 6.26. The first-order valence-electron chi connectivity index (χ1n) is 6.26. The zero-order valence-corrected chi connectivity index (χ0v) is 11.0. The molecule has 1 fully saturated rings. The summed E-state index contributed by atoms with van der Waals surface area (Å²) in [6.07, 6.45) is -2.37. The molecule has 1 aromatic rings. The fourth-order valence-electron chi connectivity index (χ4n) is 2.00. The molecule has 0 aromatic heterocycles. The van der Waals surface area contributed by atoms with Gasteiger partial charge >= 0.3 is 6.18 Å². The Labute approximate surface area is 114 Å². The highest BCUT2D eigenvalue weighted by atomic mass is 19.4. The molecule has 2 rings (SSSR count). The van der Waals surface area contributed by atoms with Crippen molar-refractivity contribution in [2.45, 2.75) is 19.0 Å². The number of halogens is 3. The van der Waals surface area contributed by atoms with E-state index < -0.39 is 17.6 Å². The number of nitrogens with two attached hydrogens (primary N) is 1. The summed E-state index contributed by atoms with van der Waals surface area (Å²) < 4.78 is 38.1. The van der Waals surface area contributed by atoms with E-state index in [-0.39, 0.29) is 11.3 Å². The van der Waals surface area contributed by atoms with Crippen LogP contribution in [0.15, 0.2) is 18.2 Å². The van der Waals surface area contributed by atoms with Crippen LogP contribution >= 0.6 is 0 Å². The monoisotopic (exact) mass is 287 g/mol. The van der Waals surface area contributed by atoms with Crippen LogP contribution in [0.5, 0.6) is 0 Å². The number of benzene rings is 1. The maximum atomic E-state index is 12.7. The standard InChI is InChI=1S/C13H16F3N3O/c1-19(7-8-2-3-8)12(20)10-6-9(13(14,15)16)4-5-11(10)18-17/h4-6,8,18H,2-3,7,17H2,1H3. The quantitative estimate of drug-likeness (QED) is 0.660. The molecule has 0 bridgehead atoms. The van der Waals surface area contributed by atoms with Gasteiger partial charge in [0.25, 0.3) is 5.91 Å². The number of rotatable bonds is 4. The zero-order valence-electron chi connectivity index (χ0n) is 11.0. The Morgan fingerprint density at radius 1 is 1.45 bits per heavy atom. The van der Waals surface area contributed by atoms with Gasteiger partial charge in [0.1, 0.15) is 0 Å². The molecule has 4 nitrogen and oxygen atoms in total. The average Bonchev–Trinajstić information content (AvgIpc) is 3.19. The van der Waals surface area contributed by atoms with Crippen molar-refractivity contribution in [3.63, 3.8) is 0 Å². The molecule has 3 N–H and O–H groups in total. The number of nitrogens with zero attached hydrogens (tertiary/aromatic N) is 1. The molecule has 110 valence electrons. The molecule has 1 aliphatic carbocycles. The van der Waals surface area contributed by atoms with Crippen molar-refractivity contribution >= 4 is 11.6 Å². The Hall–Kier alpha value is -1.76. The minimum absolute atomic E-state index is 0.0644. The Bertz CT molecular complexity index is 512. The lowest BCUT2D eigenvalue weighted by Gasteiger charge is -2.19. The van der Waals surface area contributed by atoms with Crippen LogP contribution in [0, 0.1) is 5.92 Å². The summed E-state index contributed by atoms with van der Waals surface area (Å²) in [7, 11) is 1.58. The van der Waals surface area contributed by atoms with Crippen molar-refractivity contribution in [2.75, 3.05) is 19.0 Å². The van der Waals surface area contributed by atoms with E-state index in [4.69, 9.17) is 5.84 Å². The minimum atomic E-state index is -4.49. The van der Waals surface area contributed by atoms with Crippen LogP contribution in [0.2, 0.25) is 0 Å². The maximum absolute atomic E-state index is 12.7. The van der Waals surface area contributed by atoms with Gasteiger partial charge in [-0.1, -0.05) is 0 Å². The third-order valence-corrected chi connectivity index (χ3v) is 3.31. The molecule has 0 unspecified atom stereocenters. The van der Waals surface area contributed by atoms with Gasteiger partial charge in [0, 0.05) is 13.6 Å². The fourth-order valence-corrected chi connectivity index (χ4v) is 2.00. The molecule has 0 heterocycles. The molecule has 0 spiro atoms. The van der Waals surface area contributed by atoms with Crippen LogP contribution < -0.4 is 11.3 Å². The van der Waals surface area contributed by atoms with Gasteiger partial charge in [-0.05, 0) is 37.0 Å². The lowest BCUT2D eigenvalue weighted by Crippen LogP contribution is -2.30. The second kappa shape index (κ2) is 5.32. The van der Waals surface area contributed by atoms with E-state index in [1.165, 1.54) is 11.0 Å². The van der Waals surface area contributed by atoms with Crippen LogP contribution in [-0.4, -0.2) is 24.4 Å². The maximum Gasteiger partial charge on any atom is 0.416 e. The molecule has 1 saturated carbocycles. The molecular formula is C13H16F3N3O. The van der Waals surface area contributed by atoms with E-state index in [1.54, 1.807) is 7.05 Å². The molecule has 1 aromatic carbocycles. The number of hydrogen-bond acceptors (Lipinski definition) is 3. The summed E-state index contributed by atoms with van der Waals surface area (Å²) >= 11 is 0. The molecule has 1 amide bonds. The van der Waals surface area contributed by atoms with E-state index in [1.807, 2.05) is 0 Å². The molecular weight excluding hydrogens is 271 g/mol. The summed E-state index contributed by atoms with van der Waals surface area (Å²) in [4.78, 5) is 13.7. The van der Waals surface area contributed by atoms with Crippen molar-refractivity contribution in [1.29, 1.82) is 0 Å². The normalized spacial score (nSPS) is 15.1. The highest BCUT2D eigenvalue weighted by molar-refractivity contribution is 5.99. The van der Waals surface area contributed by atoms with E-state index in [9.17, 15) is 18.0 Å². The Morgan fingerprint density at radius 2 is 2.10 bits per heavy atom. The number of hydrogen-bond donors (Lipinski definition) is 2. The van der Waals surface area contributed by atoms with Gasteiger partial charge in [-0.3, -0.25) is 10.6 Å². The molecule has 1 aliphatic rings. The highest BCUT2D eigenvalue weighted by Gasteiger charge is 2.32. The van der Waals surface area contributed by atoms with Gasteiger partial charge in [-0.15, -0.1) is 0 Å². The topological polar surface area (TPSA) is 58.4 Å². The number of alkyl halides is 3. The third-order valence-electron chi connectivity index (χ3n) is 3.31. The van der Waals surface area contributed by atoms with Gasteiger partial charge < -0.3 is 10.3 Å². The molecule has 20 heavy (non-hydrogen) atoms. The fraction of sp³-hybridized carbons (Fsp3) is 0.462. The zero-order chi connectivity index (χ0) is 14.9. The predicted octanol–water partition coefficient (Wildman–Crippen LogP) is 2.47. The van der Waals surface area contributed by atoms with Crippen molar-refractivity contribution in [1.82, 2.24) is 4.90 Å². The highest BCUT2D eigenvalue weighted by Crippen LogP contribution is 2.33.